The van der Waals surface area contributed by atoms with Gasteiger partial charge in [-0.1, -0.05) is 6.07 Å². The summed E-state index contributed by atoms with van der Waals surface area (Å²) >= 11 is 0. The lowest BCUT2D eigenvalue weighted by Gasteiger charge is -2.46. The number of pyridine rings is 1. The SMILES string of the molecule is Cc1ccc(N2CCC3(C2)C(=O)N(C)CCN3Cc2cccnc2)nn1. The van der Waals surface area contributed by atoms with Crippen molar-refractivity contribution in [3.63, 3.8) is 0 Å². The Morgan fingerprint density at radius 2 is 2.04 bits per heavy atom. The van der Waals surface area contributed by atoms with E-state index >= 15 is 0 Å². The molecule has 136 valence electrons. The van der Waals surface area contributed by atoms with Crippen LogP contribution in [0.4, 0.5) is 5.82 Å². The predicted molar refractivity (Wildman–Crippen MR) is 98.6 cm³/mol. The average Bonchev–Trinajstić information content (AvgIpc) is 3.10. The number of aromatic nitrogens is 3. The van der Waals surface area contributed by atoms with E-state index in [4.69, 9.17) is 0 Å². The zero-order chi connectivity index (χ0) is 18.1. The third kappa shape index (κ3) is 2.92. The first kappa shape index (κ1) is 16.9. The summed E-state index contributed by atoms with van der Waals surface area (Å²) in [6.07, 6.45) is 4.46. The first-order chi connectivity index (χ1) is 12.6. The molecule has 1 amide bonds. The molecular weight excluding hydrogens is 328 g/mol. The van der Waals surface area contributed by atoms with Gasteiger partial charge in [-0.15, -0.1) is 5.10 Å². The Labute approximate surface area is 153 Å². The summed E-state index contributed by atoms with van der Waals surface area (Å²) in [4.78, 5) is 23.8. The maximum Gasteiger partial charge on any atom is 0.244 e. The summed E-state index contributed by atoms with van der Waals surface area (Å²) in [5, 5.41) is 8.48. The van der Waals surface area contributed by atoms with Crippen molar-refractivity contribution in [2.24, 2.45) is 0 Å². The Bertz CT molecular complexity index is 780. The molecule has 7 nitrogen and oxygen atoms in total. The number of carbonyl (C=O) groups is 1. The molecule has 2 aromatic rings. The van der Waals surface area contributed by atoms with Crippen molar-refractivity contribution in [2.75, 3.05) is 38.1 Å². The molecule has 0 aromatic carbocycles. The maximum atomic E-state index is 13.2. The number of piperazine rings is 1. The topological polar surface area (TPSA) is 65.5 Å². The molecule has 0 N–H and O–H groups in total. The Morgan fingerprint density at radius 1 is 1.15 bits per heavy atom. The molecule has 4 heterocycles. The van der Waals surface area contributed by atoms with E-state index in [-0.39, 0.29) is 5.91 Å². The lowest BCUT2D eigenvalue weighted by molar-refractivity contribution is -0.148. The smallest absolute Gasteiger partial charge is 0.244 e. The van der Waals surface area contributed by atoms with Gasteiger partial charge in [0.2, 0.25) is 5.91 Å². The van der Waals surface area contributed by atoms with Gasteiger partial charge in [-0.05, 0) is 37.1 Å². The van der Waals surface area contributed by atoms with Gasteiger partial charge in [-0.3, -0.25) is 14.7 Å². The lowest BCUT2D eigenvalue weighted by atomic mass is 9.91. The number of anilines is 1. The highest BCUT2D eigenvalue weighted by Gasteiger charge is 2.52. The average molecular weight is 352 g/mol. The number of carbonyl (C=O) groups excluding carboxylic acids is 1. The summed E-state index contributed by atoms with van der Waals surface area (Å²) in [6, 6.07) is 7.98. The summed E-state index contributed by atoms with van der Waals surface area (Å²) in [6.45, 7) is 5.74. The Balaban J connectivity index is 1.61. The van der Waals surface area contributed by atoms with Crippen LogP contribution in [0.1, 0.15) is 17.7 Å². The van der Waals surface area contributed by atoms with Gasteiger partial charge in [0.1, 0.15) is 5.54 Å². The van der Waals surface area contributed by atoms with Crippen molar-refractivity contribution in [1.82, 2.24) is 25.0 Å². The number of likely N-dealkylation sites (N-methyl/N-ethyl adjacent to an activating group) is 1. The summed E-state index contributed by atoms with van der Waals surface area (Å²) in [5.41, 5.74) is 1.53. The normalized spacial score (nSPS) is 23.8. The second kappa shape index (κ2) is 6.64. The van der Waals surface area contributed by atoms with Crippen molar-refractivity contribution < 1.29 is 4.79 Å². The quantitative estimate of drug-likeness (QED) is 0.824. The largest absolute Gasteiger partial charge is 0.353 e. The minimum Gasteiger partial charge on any atom is -0.353 e. The van der Waals surface area contributed by atoms with Crippen molar-refractivity contribution >= 4 is 11.7 Å². The van der Waals surface area contributed by atoms with Gasteiger partial charge < -0.3 is 9.80 Å². The van der Waals surface area contributed by atoms with Crippen molar-refractivity contribution in [3.8, 4) is 0 Å². The lowest BCUT2D eigenvalue weighted by Crippen LogP contribution is -2.65. The number of nitrogens with zero attached hydrogens (tertiary/aromatic N) is 6. The van der Waals surface area contributed by atoms with Crippen LogP contribution in [0.2, 0.25) is 0 Å². The van der Waals surface area contributed by atoms with E-state index in [2.05, 4.69) is 31.0 Å². The summed E-state index contributed by atoms with van der Waals surface area (Å²) in [5.74, 6) is 1.05. The van der Waals surface area contributed by atoms with Crippen LogP contribution in [0.25, 0.3) is 0 Å². The number of amides is 1. The maximum absolute atomic E-state index is 13.2. The van der Waals surface area contributed by atoms with Crippen molar-refractivity contribution in [1.29, 1.82) is 0 Å². The first-order valence-electron chi connectivity index (χ1n) is 9.03. The summed E-state index contributed by atoms with van der Waals surface area (Å²) < 4.78 is 0. The van der Waals surface area contributed by atoms with E-state index in [0.29, 0.717) is 6.54 Å². The Kier molecular flexibility index (Phi) is 4.32. The monoisotopic (exact) mass is 352 g/mol. The van der Waals surface area contributed by atoms with E-state index in [0.717, 1.165) is 49.7 Å². The van der Waals surface area contributed by atoms with Gasteiger partial charge in [0.05, 0.1) is 5.69 Å². The fraction of sp³-hybridized carbons (Fsp3) is 0.474. The second-order valence-corrected chi connectivity index (χ2v) is 7.25. The predicted octanol–water partition coefficient (Wildman–Crippen LogP) is 1.10. The molecule has 2 aliphatic heterocycles. The van der Waals surface area contributed by atoms with Crippen molar-refractivity contribution in [2.45, 2.75) is 25.4 Å². The first-order valence-corrected chi connectivity index (χ1v) is 9.03. The fourth-order valence-electron chi connectivity index (χ4n) is 4.00. The molecule has 2 saturated heterocycles. The highest BCUT2D eigenvalue weighted by molar-refractivity contribution is 5.88. The van der Waals surface area contributed by atoms with Crippen LogP contribution in [0, 0.1) is 6.92 Å². The van der Waals surface area contributed by atoms with Gasteiger partial charge >= 0.3 is 0 Å². The van der Waals surface area contributed by atoms with Crippen LogP contribution in [0.5, 0.6) is 0 Å². The van der Waals surface area contributed by atoms with Crippen LogP contribution in [0.3, 0.4) is 0 Å². The number of rotatable bonds is 3. The third-order valence-electron chi connectivity index (χ3n) is 5.51. The molecule has 0 bridgehead atoms. The van der Waals surface area contributed by atoms with Gasteiger partial charge in [-0.2, -0.15) is 5.10 Å². The van der Waals surface area contributed by atoms with Gasteiger partial charge in [0, 0.05) is 52.2 Å². The molecule has 1 unspecified atom stereocenters. The number of aryl methyl sites for hydroxylation is 1. The van der Waals surface area contributed by atoms with E-state index in [9.17, 15) is 4.79 Å². The van der Waals surface area contributed by atoms with Crippen LogP contribution in [-0.2, 0) is 11.3 Å². The molecule has 26 heavy (non-hydrogen) atoms. The highest BCUT2D eigenvalue weighted by Crippen LogP contribution is 2.35. The van der Waals surface area contributed by atoms with Crippen LogP contribution >= 0.6 is 0 Å². The standard InChI is InChI=1S/C19H24N6O/c1-15-5-6-17(22-21-15)24-9-7-19(14-24)18(26)23(2)10-11-25(19)13-16-4-3-8-20-12-16/h3-6,8,12H,7,9-11,13-14H2,1-2H3. The van der Waals surface area contributed by atoms with E-state index in [1.54, 1.807) is 6.20 Å². The van der Waals surface area contributed by atoms with E-state index in [1.807, 2.05) is 43.3 Å². The minimum absolute atomic E-state index is 0.204. The molecule has 2 aliphatic rings. The zero-order valence-corrected chi connectivity index (χ0v) is 15.3. The molecule has 0 aliphatic carbocycles. The Morgan fingerprint density at radius 3 is 2.77 bits per heavy atom. The number of hydrogen-bond donors (Lipinski definition) is 0. The van der Waals surface area contributed by atoms with Crippen LogP contribution in [-0.4, -0.2) is 69.7 Å². The fourth-order valence-corrected chi connectivity index (χ4v) is 4.00. The summed E-state index contributed by atoms with van der Waals surface area (Å²) in [7, 11) is 1.90. The van der Waals surface area contributed by atoms with E-state index < -0.39 is 5.54 Å². The molecule has 2 fully saturated rings. The molecule has 4 rings (SSSR count). The molecule has 0 saturated carbocycles. The zero-order valence-electron chi connectivity index (χ0n) is 15.3. The van der Waals surface area contributed by atoms with E-state index in [1.165, 1.54) is 0 Å². The van der Waals surface area contributed by atoms with Gasteiger partial charge in [0.25, 0.3) is 0 Å². The number of hydrogen-bond acceptors (Lipinski definition) is 6. The minimum atomic E-state index is -0.505. The molecule has 2 aromatic heterocycles. The molecule has 1 atom stereocenters. The third-order valence-corrected chi connectivity index (χ3v) is 5.51. The van der Waals surface area contributed by atoms with Crippen LogP contribution < -0.4 is 4.90 Å². The van der Waals surface area contributed by atoms with Crippen molar-refractivity contribution in [3.05, 3.63) is 47.9 Å². The molecule has 0 radical (unpaired) electrons. The van der Waals surface area contributed by atoms with Crippen LogP contribution in [0.15, 0.2) is 36.7 Å². The molecule has 1 spiro atoms. The second-order valence-electron chi connectivity index (χ2n) is 7.25. The molecular formula is C19H24N6O. The van der Waals surface area contributed by atoms with Gasteiger partial charge in [-0.25, -0.2) is 0 Å². The van der Waals surface area contributed by atoms with Gasteiger partial charge in [0.15, 0.2) is 5.82 Å². The highest BCUT2D eigenvalue weighted by atomic mass is 16.2. The Hall–Kier alpha value is -2.54. The molecule has 7 heteroatoms.